The van der Waals surface area contributed by atoms with Crippen molar-refractivity contribution in [2.24, 2.45) is 0 Å². The van der Waals surface area contributed by atoms with Gasteiger partial charge in [0.15, 0.2) is 12.4 Å². The predicted molar refractivity (Wildman–Crippen MR) is 117 cm³/mol. The number of carbonyl (C=O) groups excluding carboxylic acids is 3. The molecule has 0 heterocycles. The average molecular weight is 417 g/mol. The van der Waals surface area contributed by atoms with Crippen LogP contribution in [0.3, 0.4) is 0 Å². The van der Waals surface area contributed by atoms with Crippen LogP contribution in [-0.4, -0.2) is 30.9 Å². The highest BCUT2D eigenvalue weighted by Crippen LogP contribution is 2.18. The number of ether oxygens (including phenoxy) is 2. The molecule has 6 heteroatoms. The fourth-order valence-electron chi connectivity index (χ4n) is 2.94. The van der Waals surface area contributed by atoms with Gasteiger partial charge in [-0.25, -0.2) is 4.79 Å². The second-order valence-electron chi connectivity index (χ2n) is 6.71. The number of esters is 1. The molecule has 1 amide bonds. The summed E-state index contributed by atoms with van der Waals surface area (Å²) in [6.45, 7) is 2.01. The molecule has 0 saturated carbocycles. The van der Waals surface area contributed by atoms with Crippen LogP contribution in [0, 0.1) is 0 Å². The van der Waals surface area contributed by atoms with Crippen molar-refractivity contribution in [2.45, 2.75) is 13.3 Å². The molecule has 0 spiro atoms. The fourth-order valence-corrected chi connectivity index (χ4v) is 2.94. The summed E-state index contributed by atoms with van der Waals surface area (Å²) in [5, 5.41) is 2.74. The van der Waals surface area contributed by atoms with Gasteiger partial charge in [0.2, 0.25) is 5.91 Å². The first-order chi connectivity index (χ1) is 15.1. The van der Waals surface area contributed by atoms with E-state index in [1.807, 2.05) is 37.3 Å². The van der Waals surface area contributed by atoms with Crippen LogP contribution in [0.2, 0.25) is 0 Å². The van der Waals surface area contributed by atoms with Crippen LogP contribution >= 0.6 is 0 Å². The third-order valence-electron chi connectivity index (χ3n) is 4.45. The number of para-hydroxylation sites is 1. The Hall–Kier alpha value is -3.93. The van der Waals surface area contributed by atoms with Crippen molar-refractivity contribution in [3.8, 4) is 5.75 Å². The molecule has 6 nitrogen and oxygen atoms in total. The molecular weight excluding hydrogens is 394 g/mol. The molecular formula is C25H23NO5. The Morgan fingerprint density at radius 1 is 0.839 bits per heavy atom. The number of ketones is 1. The molecule has 3 aromatic rings. The van der Waals surface area contributed by atoms with E-state index < -0.39 is 12.6 Å². The Bertz CT molecular complexity index is 1050. The lowest BCUT2D eigenvalue weighted by molar-refractivity contribution is -0.115. The number of Topliss-reactive ketones (excluding diaryl/α,β-unsaturated/α-hetero) is 1. The van der Waals surface area contributed by atoms with Crippen LogP contribution in [0.15, 0.2) is 78.9 Å². The summed E-state index contributed by atoms with van der Waals surface area (Å²) < 4.78 is 10.5. The molecule has 0 aliphatic rings. The van der Waals surface area contributed by atoms with E-state index in [0.29, 0.717) is 23.6 Å². The summed E-state index contributed by atoms with van der Waals surface area (Å²) in [4.78, 5) is 37.2. The molecule has 0 saturated heterocycles. The molecule has 0 fully saturated rings. The van der Waals surface area contributed by atoms with E-state index >= 15 is 0 Å². The normalized spacial score (nSPS) is 10.2. The highest BCUT2D eigenvalue weighted by Gasteiger charge is 2.17. The Labute approximate surface area is 180 Å². The zero-order valence-electron chi connectivity index (χ0n) is 17.2. The fraction of sp³-hybridized carbons (Fsp3) is 0.160. The van der Waals surface area contributed by atoms with Crippen LogP contribution in [0.25, 0.3) is 0 Å². The second kappa shape index (κ2) is 10.7. The maximum absolute atomic E-state index is 12.5. The molecule has 0 radical (unpaired) electrons. The van der Waals surface area contributed by atoms with Crippen molar-refractivity contribution in [1.29, 1.82) is 0 Å². The third kappa shape index (κ3) is 6.27. The molecule has 0 aliphatic carbocycles. The SMILES string of the molecule is CCOc1ccc(C(=O)COC(=O)c2ccccc2NC(=O)Cc2ccccc2)cc1. The van der Waals surface area contributed by atoms with Gasteiger partial charge in [0.1, 0.15) is 5.75 Å². The van der Waals surface area contributed by atoms with Crippen molar-refractivity contribution in [2.75, 3.05) is 18.5 Å². The van der Waals surface area contributed by atoms with Crippen molar-refractivity contribution < 1.29 is 23.9 Å². The maximum atomic E-state index is 12.5. The first kappa shape index (κ1) is 21.8. The van der Waals surface area contributed by atoms with Gasteiger partial charge in [-0.2, -0.15) is 0 Å². The second-order valence-corrected chi connectivity index (χ2v) is 6.71. The Morgan fingerprint density at radius 2 is 1.52 bits per heavy atom. The molecule has 3 rings (SSSR count). The molecule has 0 bridgehead atoms. The minimum absolute atomic E-state index is 0.181. The first-order valence-electron chi connectivity index (χ1n) is 9.93. The minimum Gasteiger partial charge on any atom is -0.494 e. The molecule has 158 valence electrons. The lowest BCUT2D eigenvalue weighted by atomic mass is 10.1. The molecule has 1 N–H and O–H groups in total. The van der Waals surface area contributed by atoms with E-state index in [-0.39, 0.29) is 23.7 Å². The van der Waals surface area contributed by atoms with Gasteiger partial charge in [-0.1, -0.05) is 42.5 Å². The number of carbonyl (C=O) groups is 3. The van der Waals surface area contributed by atoms with E-state index in [1.165, 1.54) is 0 Å². The maximum Gasteiger partial charge on any atom is 0.340 e. The van der Waals surface area contributed by atoms with Crippen molar-refractivity contribution >= 4 is 23.3 Å². The number of hydrogen-bond donors (Lipinski definition) is 1. The number of amides is 1. The van der Waals surface area contributed by atoms with Gasteiger partial charge in [0.25, 0.3) is 0 Å². The van der Waals surface area contributed by atoms with Crippen LogP contribution in [-0.2, 0) is 16.0 Å². The third-order valence-corrected chi connectivity index (χ3v) is 4.45. The molecule has 3 aromatic carbocycles. The Kier molecular flexibility index (Phi) is 7.54. The number of anilines is 1. The van der Waals surface area contributed by atoms with Crippen molar-refractivity contribution in [3.05, 3.63) is 95.6 Å². The van der Waals surface area contributed by atoms with E-state index in [9.17, 15) is 14.4 Å². The summed E-state index contributed by atoms with van der Waals surface area (Å²) in [5.74, 6) is -0.606. The smallest absolute Gasteiger partial charge is 0.340 e. The predicted octanol–water partition coefficient (Wildman–Crippen LogP) is 4.31. The molecule has 0 aromatic heterocycles. The van der Waals surface area contributed by atoms with E-state index in [2.05, 4.69) is 5.32 Å². The van der Waals surface area contributed by atoms with Gasteiger partial charge in [-0.05, 0) is 48.9 Å². The van der Waals surface area contributed by atoms with Gasteiger partial charge in [0, 0.05) is 5.56 Å². The zero-order chi connectivity index (χ0) is 22.1. The Morgan fingerprint density at radius 3 is 2.23 bits per heavy atom. The lowest BCUT2D eigenvalue weighted by Gasteiger charge is -2.11. The topological polar surface area (TPSA) is 81.7 Å². The summed E-state index contributed by atoms with van der Waals surface area (Å²) in [6.07, 6.45) is 0.181. The van der Waals surface area contributed by atoms with Gasteiger partial charge in [0.05, 0.1) is 24.3 Å². The summed E-state index contributed by atoms with van der Waals surface area (Å²) in [6, 6.07) is 22.5. The quantitative estimate of drug-likeness (QED) is 0.415. The molecule has 31 heavy (non-hydrogen) atoms. The van der Waals surface area contributed by atoms with Crippen LogP contribution in [0.5, 0.6) is 5.75 Å². The molecule has 0 unspecified atom stereocenters. The number of hydrogen-bond acceptors (Lipinski definition) is 5. The van der Waals surface area contributed by atoms with E-state index in [1.54, 1.807) is 48.5 Å². The number of nitrogens with one attached hydrogen (secondary N) is 1. The monoisotopic (exact) mass is 417 g/mol. The standard InChI is InChI=1S/C25H23NO5/c1-2-30-20-14-12-19(13-15-20)23(27)17-31-25(29)21-10-6-7-11-22(21)26-24(28)16-18-8-4-3-5-9-18/h3-15H,2,16-17H2,1H3,(H,26,28). The number of benzene rings is 3. The molecule has 0 atom stereocenters. The van der Waals surface area contributed by atoms with Crippen molar-refractivity contribution in [3.63, 3.8) is 0 Å². The minimum atomic E-state index is -0.685. The first-order valence-corrected chi connectivity index (χ1v) is 9.93. The van der Waals surface area contributed by atoms with E-state index in [4.69, 9.17) is 9.47 Å². The van der Waals surface area contributed by atoms with Gasteiger partial charge < -0.3 is 14.8 Å². The van der Waals surface area contributed by atoms with E-state index in [0.717, 1.165) is 5.56 Å². The lowest BCUT2D eigenvalue weighted by Crippen LogP contribution is -2.19. The summed E-state index contributed by atoms with van der Waals surface area (Å²) in [5.41, 5.74) is 1.80. The summed E-state index contributed by atoms with van der Waals surface area (Å²) >= 11 is 0. The zero-order valence-corrected chi connectivity index (χ0v) is 17.2. The van der Waals surface area contributed by atoms with Crippen LogP contribution < -0.4 is 10.1 Å². The Balaban J connectivity index is 1.60. The van der Waals surface area contributed by atoms with Gasteiger partial charge in [-0.3, -0.25) is 9.59 Å². The summed E-state index contributed by atoms with van der Waals surface area (Å²) in [7, 11) is 0. The highest BCUT2D eigenvalue weighted by atomic mass is 16.5. The van der Waals surface area contributed by atoms with Gasteiger partial charge in [-0.15, -0.1) is 0 Å². The van der Waals surface area contributed by atoms with Gasteiger partial charge >= 0.3 is 5.97 Å². The average Bonchev–Trinajstić information content (AvgIpc) is 2.79. The van der Waals surface area contributed by atoms with Crippen molar-refractivity contribution in [1.82, 2.24) is 0 Å². The molecule has 0 aliphatic heterocycles. The van der Waals surface area contributed by atoms with Crippen LogP contribution in [0.4, 0.5) is 5.69 Å². The largest absolute Gasteiger partial charge is 0.494 e. The van der Waals surface area contributed by atoms with Crippen LogP contribution in [0.1, 0.15) is 33.2 Å². The highest BCUT2D eigenvalue weighted by molar-refractivity contribution is 6.03. The number of rotatable bonds is 9.